The van der Waals surface area contributed by atoms with Crippen LogP contribution >= 0.6 is 34.5 Å². The van der Waals surface area contributed by atoms with Crippen LogP contribution in [0.3, 0.4) is 0 Å². The Morgan fingerprint density at radius 1 is 1.13 bits per heavy atom. The molecule has 244 valence electrons. The van der Waals surface area contributed by atoms with Gasteiger partial charge in [0, 0.05) is 58.0 Å². The second-order valence-electron chi connectivity index (χ2n) is 10.9. The molecular weight excluding hydrogens is 641 g/mol. The van der Waals surface area contributed by atoms with Crippen LogP contribution in [0.2, 0.25) is 10.0 Å². The number of rotatable bonds is 13. The Kier molecular flexibility index (Phi) is 11.7. The first-order valence-electron chi connectivity index (χ1n) is 15.3. The van der Waals surface area contributed by atoms with Gasteiger partial charge in [0.25, 0.3) is 0 Å². The van der Waals surface area contributed by atoms with Crippen LogP contribution in [0, 0.1) is 12.8 Å². The van der Waals surface area contributed by atoms with Gasteiger partial charge in [-0.3, -0.25) is 9.69 Å². The maximum absolute atomic E-state index is 13.2. The summed E-state index contributed by atoms with van der Waals surface area (Å²) >= 11 is 13.8. The topological polar surface area (TPSA) is 135 Å². The molecule has 2 fully saturated rings. The monoisotopic (exact) mass is 679 g/mol. The molecule has 2 N–H and O–H groups in total. The molecule has 5 heterocycles. The Morgan fingerprint density at radius 2 is 1.93 bits per heavy atom. The zero-order chi connectivity index (χ0) is 31.9. The summed E-state index contributed by atoms with van der Waals surface area (Å²) in [5, 5.41) is 4.59. The number of hydrogen-bond donors (Lipinski definition) is 2. The van der Waals surface area contributed by atoms with Crippen LogP contribution in [0.1, 0.15) is 52.5 Å². The van der Waals surface area contributed by atoms with Gasteiger partial charge in [0.2, 0.25) is 0 Å². The van der Waals surface area contributed by atoms with Crippen LogP contribution in [0.4, 0.5) is 10.9 Å². The molecule has 0 bridgehead atoms. The predicted octanol–water partition coefficient (Wildman–Crippen LogP) is 4.97. The number of thiazole rings is 1. The van der Waals surface area contributed by atoms with E-state index in [1.165, 1.54) is 11.3 Å². The predicted molar refractivity (Wildman–Crippen MR) is 175 cm³/mol. The SMILES string of the molecule is CCOC(=O)c1sc(N2CC[C@@H](CC(=O)c3[nH]c(C)c(Cl)c3Cl)[C@@H](OCC)C2)nc1-c1cnc(NCCN2CCOCC2)cn1. The minimum atomic E-state index is -0.454. The molecule has 2 atom stereocenters. The number of morpholine rings is 1. The van der Waals surface area contributed by atoms with Gasteiger partial charge >= 0.3 is 5.97 Å². The third kappa shape index (κ3) is 8.13. The quantitative estimate of drug-likeness (QED) is 0.187. The summed E-state index contributed by atoms with van der Waals surface area (Å²) in [7, 11) is 0. The number of anilines is 2. The second kappa shape index (κ2) is 15.7. The van der Waals surface area contributed by atoms with Crippen molar-refractivity contribution in [1.82, 2.24) is 24.8 Å². The van der Waals surface area contributed by atoms with Crippen molar-refractivity contribution in [3.63, 3.8) is 0 Å². The number of carbonyl (C=O) groups is 2. The number of Topliss-reactive ketones (excluding diaryl/α,β-unsaturated/α-hetero) is 1. The van der Waals surface area contributed by atoms with Crippen LogP contribution in [-0.4, -0.2) is 108 Å². The molecule has 15 heteroatoms. The summed E-state index contributed by atoms with van der Waals surface area (Å²) in [5.41, 5.74) is 1.91. The fourth-order valence-electron chi connectivity index (χ4n) is 5.54. The zero-order valence-electron chi connectivity index (χ0n) is 25.7. The number of ketones is 1. The summed E-state index contributed by atoms with van der Waals surface area (Å²) < 4.78 is 16.9. The second-order valence-corrected chi connectivity index (χ2v) is 12.7. The smallest absolute Gasteiger partial charge is 0.350 e. The van der Waals surface area contributed by atoms with E-state index in [1.54, 1.807) is 26.2 Å². The van der Waals surface area contributed by atoms with Crippen molar-refractivity contribution in [1.29, 1.82) is 0 Å². The lowest BCUT2D eigenvalue weighted by atomic mass is 9.88. The third-order valence-electron chi connectivity index (χ3n) is 7.94. The maximum atomic E-state index is 13.2. The highest BCUT2D eigenvalue weighted by atomic mass is 35.5. The van der Waals surface area contributed by atoms with Gasteiger partial charge in [-0.25, -0.2) is 19.7 Å². The number of H-pyrrole nitrogens is 1. The Balaban J connectivity index is 1.28. The van der Waals surface area contributed by atoms with Gasteiger partial charge in [0.15, 0.2) is 10.9 Å². The number of nitrogens with one attached hydrogen (secondary N) is 2. The zero-order valence-corrected chi connectivity index (χ0v) is 28.1. The fourth-order valence-corrected chi connectivity index (χ4v) is 6.98. The summed E-state index contributed by atoms with van der Waals surface area (Å²) in [6.07, 6.45) is 4.02. The van der Waals surface area contributed by atoms with Crippen molar-refractivity contribution in [3.05, 3.63) is 38.7 Å². The Bertz CT molecular complexity index is 1460. The van der Waals surface area contributed by atoms with Crippen molar-refractivity contribution in [3.8, 4) is 11.4 Å². The molecule has 12 nitrogen and oxygen atoms in total. The van der Waals surface area contributed by atoms with Crippen LogP contribution in [0.15, 0.2) is 12.4 Å². The first-order chi connectivity index (χ1) is 21.8. The lowest BCUT2D eigenvalue weighted by molar-refractivity contribution is 0.0103. The molecular formula is C30H39Cl2N7O5S. The van der Waals surface area contributed by atoms with Gasteiger partial charge in [-0.2, -0.15) is 0 Å². The molecule has 3 aromatic rings. The average Bonchev–Trinajstić information content (AvgIpc) is 3.60. The Morgan fingerprint density at radius 3 is 2.60 bits per heavy atom. The van der Waals surface area contributed by atoms with Gasteiger partial charge < -0.3 is 29.4 Å². The molecule has 45 heavy (non-hydrogen) atoms. The molecule has 0 spiro atoms. The molecule has 0 unspecified atom stereocenters. The van der Waals surface area contributed by atoms with Crippen LogP contribution in [0.5, 0.6) is 0 Å². The third-order valence-corrected chi connectivity index (χ3v) is 9.98. The number of nitrogens with zero attached hydrogens (tertiary/aromatic N) is 5. The van der Waals surface area contributed by atoms with E-state index < -0.39 is 5.97 Å². The number of esters is 1. The number of ether oxygens (including phenoxy) is 3. The Hall–Kier alpha value is -2.81. The number of aromatic nitrogens is 4. The van der Waals surface area contributed by atoms with Crippen molar-refractivity contribution < 1.29 is 23.8 Å². The van der Waals surface area contributed by atoms with Crippen LogP contribution in [-0.2, 0) is 14.2 Å². The van der Waals surface area contributed by atoms with E-state index in [1.807, 2.05) is 6.92 Å². The van der Waals surface area contributed by atoms with E-state index in [-0.39, 0.29) is 35.9 Å². The summed E-state index contributed by atoms with van der Waals surface area (Å²) in [6, 6.07) is 0. The van der Waals surface area contributed by atoms with Crippen LogP contribution in [0.25, 0.3) is 11.4 Å². The molecule has 2 aliphatic rings. The molecule has 2 saturated heterocycles. The number of halogens is 2. The number of carbonyl (C=O) groups excluding carboxylic acids is 2. The van der Waals surface area contributed by atoms with Crippen molar-refractivity contribution >= 4 is 57.2 Å². The van der Waals surface area contributed by atoms with E-state index in [0.29, 0.717) is 69.7 Å². The number of hydrogen-bond acceptors (Lipinski definition) is 12. The van der Waals surface area contributed by atoms with E-state index in [4.69, 9.17) is 42.4 Å². The lowest BCUT2D eigenvalue weighted by Gasteiger charge is -2.38. The summed E-state index contributed by atoms with van der Waals surface area (Å²) in [6.45, 7) is 12.4. The van der Waals surface area contributed by atoms with Gasteiger partial charge in [0.05, 0.1) is 48.4 Å². The molecule has 5 rings (SSSR count). The maximum Gasteiger partial charge on any atom is 0.350 e. The van der Waals surface area contributed by atoms with Crippen molar-refractivity contribution in [2.24, 2.45) is 5.92 Å². The molecule has 0 amide bonds. The largest absolute Gasteiger partial charge is 0.462 e. The van der Waals surface area contributed by atoms with Gasteiger partial charge in [-0.15, -0.1) is 0 Å². The molecule has 0 saturated carbocycles. The standard InChI is InChI=1S/C30H39Cl2N7O5S/c1-4-43-22-17-39(8-6-19(22)14-21(40)27-25(32)24(31)18(3)36-27)30-37-26(28(45-30)29(41)44-5-2)20-15-35-23(16-34-20)33-7-9-38-10-12-42-13-11-38/h15-16,19,22,36H,4-14,17H2,1-3H3,(H,33,35)/t19-,22-/m0/s1. The first kappa shape index (κ1) is 33.6. The van der Waals surface area contributed by atoms with Gasteiger partial charge in [-0.1, -0.05) is 34.5 Å². The lowest BCUT2D eigenvalue weighted by Crippen LogP contribution is -2.46. The van der Waals surface area contributed by atoms with Crippen LogP contribution < -0.4 is 10.2 Å². The minimum Gasteiger partial charge on any atom is -0.462 e. The van der Waals surface area contributed by atoms with Crippen molar-refractivity contribution in [2.75, 3.05) is 75.9 Å². The fraction of sp³-hybridized carbons (Fsp3) is 0.567. The van der Waals surface area contributed by atoms with Gasteiger partial charge in [0.1, 0.15) is 27.8 Å². The Labute approximate surface area is 276 Å². The van der Waals surface area contributed by atoms with Gasteiger partial charge in [-0.05, 0) is 33.1 Å². The molecule has 2 aliphatic heterocycles. The molecule has 0 aliphatic carbocycles. The highest BCUT2D eigenvalue weighted by Gasteiger charge is 2.35. The summed E-state index contributed by atoms with van der Waals surface area (Å²) in [5.74, 6) is 0.0703. The molecule has 0 aromatic carbocycles. The average molecular weight is 681 g/mol. The summed E-state index contributed by atoms with van der Waals surface area (Å²) in [4.78, 5) is 47.9. The normalized spacial score (nSPS) is 19.1. The van der Waals surface area contributed by atoms with E-state index in [2.05, 4.69) is 30.1 Å². The van der Waals surface area contributed by atoms with E-state index >= 15 is 0 Å². The van der Waals surface area contributed by atoms with E-state index in [0.717, 1.165) is 39.4 Å². The molecule has 0 radical (unpaired) electrons. The molecule has 3 aromatic heterocycles. The van der Waals surface area contributed by atoms with Crippen molar-refractivity contribution in [2.45, 2.75) is 39.7 Å². The number of aryl methyl sites for hydroxylation is 1. The number of aromatic amines is 1. The minimum absolute atomic E-state index is 0.0229. The number of piperidine rings is 1. The van der Waals surface area contributed by atoms with E-state index in [9.17, 15) is 9.59 Å². The highest BCUT2D eigenvalue weighted by Crippen LogP contribution is 2.37. The first-order valence-corrected chi connectivity index (χ1v) is 16.8. The highest BCUT2D eigenvalue weighted by molar-refractivity contribution is 7.17.